The van der Waals surface area contributed by atoms with Gasteiger partial charge in [0.05, 0.1) is 11.3 Å². The molecule has 2 nitrogen and oxygen atoms in total. The first-order chi connectivity index (χ1) is 9.34. The van der Waals surface area contributed by atoms with Crippen molar-refractivity contribution in [3.63, 3.8) is 0 Å². The Hall–Kier alpha value is -0.780. The van der Waals surface area contributed by atoms with E-state index in [4.69, 9.17) is 4.98 Å². The molecule has 1 N–H and O–H groups in total. The van der Waals surface area contributed by atoms with Gasteiger partial charge >= 0.3 is 0 Å². The Bertz CT molecular complexity index is 597. The number of thiazole rings is 1. The molecule has 2 rings (SSSR count). The molecule has 0 spiro atoms. The molecule has 1 aromatic carbocycles. The lowest BCUT2D eigenvalue weighted by molar-refractivity contribution is 0.563. The predicted molar refractivity (Wildman–Crippen MR) is 86.7 cm³/mol. The van der Waals surface area contributed by atoms with Crippen LogP contribution in [0, 0.1) is 5.82 Å². The molecule has 0 aliphatic carbocycles. The molecule has 1 aromatic heterocycles. The van der Waals surface area contributed by atoms with Crippen molar-refractivity contribution in [2.45, 2.75) is 32.7 Å². The fraction of sp³-hybridized carbons (Fsp3) is 0.400. The van der Waals surface area contributed by atoms with Crippen LogP contribution in [0.25, 0.3) is 10.6 Å². The minimum Gasteiger partial charge on any atom is -0.315 e. The van der Waals surface area contributed by atoms with E-state index in [1.165, 1.54) is 6.07 Å². The molecular weight excluding hydrogens is 339 g/mol. The molecule has 0 saturated carbocycles. The van der Waals surface area contributed by atoms with Gasteiger partial charge in [0.2, 0.25) is 0 Å². The van der Waals surface area contributed by atoms with E-state index in [1.807, 2.05) is 13.1 Å². The van der Waals surface area contributed by atoms with E-state index < -0.39 is 0 Å². The third-order valence-electron chi connectivity index (χ3n) is 2.92. The van der Waals surface area contributed by atoms with Gasteiger partial charge in [-0.2, -0.15) is 0 Å². The number of benzene rings is 1. The topological polar surface area (TPSA) is 24.9 Å². The van der Waals surface area contributed by atoms with Gasteiger partial charge in [0.1, 0.15) is 10.8 Å². The largest absolute Gasteiger partial charge is 0.315 e. The molecular formula is C15H18BrFN2S. The second kappa shape index (κ2) is 5.92. The molecule has 0 fully saturated rings. The van der Waals surface area contributed by atoms with Crippen molar-refractivity contribution in [3.8, 4) is 10.6 Å². The fourth-order valence-corrected chi connectivity index (χ4v) is 4.03. The molecule has 1 heterocycles. The summed E-state index contributed by atoms with van der Waals surface area (Å²) in [7, 11) is 1.91. The highest BCUT2D eigenvalue weighted by Gasteiger charge is 2.24. The van der Waals surface area contributed by atoms with Crippen molar-refractivity contribution in [1.82, 2.24) is 10.3 Å². The summed E-state index contributed by atoms with van der Waals surface area (Å²) < 4.78 is 14.8. The van der Waals surface area contributed by atoms with Crippen LogP contribution in [0.15, 0.2) is 22.7 Å². The minimum absolute atomic E-state index is 0.0569. The van der Waals surface area contributed by atoms with Crippen LogP contribution in [0.3, 0.4) is 0 Å². The Labute approximate surface area is 131 Å². The Morgan fingerprint density at radius 2 is 2.05 bits per heavy atom. The van der Waals surface area contributed by atoms with E-state index in [1.54, 1.807) is 17.4 Å². The molecule has 0 radical (unpaired) electrons. The zero-order chi connectivity index (χ0) is 14.9. The van der Waals surface area contributed by atoms with E-state index in [2.05, 4.69) is 42.0 Å². The molecule has 0 unspecified atom stereocenters. The van der Waals surface area contributed by atoms with Crippen LogP contribution in [-0.2, 0) is 12.0 Å². The molecule has 0 amide bonds. The van der Waals surface area contributed by atoms with Gasteiger partial charge in [-0.05, 0) is 35.1 Å². The van der Waals surface area contributed by atoms with E-state index in [0.29, 0.717) is 5.56 Å². The lowest BCUT2D eigenvalue weighted by Gasteiger charge is -2.17. The van der Waals surface area contributed by atoms with Crippen molar-refractivity contribution in [3.05, 3.63) is 39.1 Å². The first kappa shape index (κ1) is 15.6. The number of aromatic nitrogens is 1. The van der Waals surface area contributed by atoms with Crippen LogP contribution in [0.5, 0.6) is 0 Å². The maximum absolute atomic E-state index is 14.1. The van der Waals surface area contributed by atoms with Gasteiger partial charge < -0.3 is 5.32 Å². The molecule has 108 valence electrons. The molecule has 0 bridgehead atoms. The Kier molecular flexibility index (Phi) is 4.62. The number of hydrogen-bond acceptors (Lipinski definition) is 3. The van der Waals surface area contributed by atoms with E-state index in [-0.39, 0.29) is 11.2 Å². The molecule has 0 atom stereocenters. The summed E-state index contributed by atoms with van der Waals surface area (Å²) in [5, 5.41) is 3.88. The van der Waals surface area contributed by atoms with Gasteiger partial charge in [-0.1, -0.05) is 26.8 Å². The number of rotatable bonds is 3. The van der Waals surface area contributed by atoms with Gasteiger partial charge in [0.25, 0.3) is 0 Å². The van der Waals surface area contributed by atoms with Crippen LogP contribution in [-0.4, -0.2) is 12.0 Å². The van der Waals surface area contributed by atoms with Crippen LogP contribution in [0.4, 0.5) is 4.39 Å². The standard InChI is InChI=1S/C15H18BrFN2S/c1-15(2,3)13-11(8-18-4)20-14(19-13)12-9(16)6-5-7-10(12)17/h5-7,18H,8H2,1-4H3. The third-order valence-corrected chi connectivity index (χ3v) is 4.66. The van der Waals surface area contributed by atoms with Crippen molar-refractivity contribution in [1.29, 1.82) is 0 Å². The van der Waals surface area contributed by atoms with Crippen LogP contribution >= 0.6 is 27.3 Å². The molecule has 5 heteroatoms. The number of nitrogens with one attached hydrogen (secondary N) is 1. The second-order valence-electron chi connectivity index (χ2n) is 5.67. The summed E-state index contributed by atoms with van der Waals surface area (Å²) in [5.41, 5.74) is 1.52. The maximum atomic E-state index is 14.1. The van der Waals surface area contributed by atoms with Crippen LogP contribution < -0.4 is 5.32 Å². The molecule has 0 aliphatic rings. The van der Waals surface area contributed by atoms with Gasteiger partial charge in [0.15, 0.2) is 0 Å². The smallest absolute Gasteiger partial charge is 0.134 e. The third kappa shape index (κ3) is 3.10. The Balaban J connectivity index is 2.59. The summed E-state index contributed by atoms with van der Waals surface area (Å²) in [5.74, 6) is -0.246. The highest BCUT2D eigenvalue weighted by Crippen LogP contribution is 2.38. The lowest BCUT2D eigenvalue weighted by Crippen LogP contribution is -2.16. The van der Waals surface area contributed by atoms with Crippen molar-refractivity contribution in [2.75, 3.05) is 7.05 Å². The summed E-state index contributed by atoms with van der Waals surface area (Å²) in [6.07, 6.45) is 0. The van der Waals surface area contributed by atoms with Crippen LogP contribution in [0.2, 0.25) is 0 Å². The molecule has 20 heavy (non-hydrogen) atoms. The van der Waals surface area contributed by atoms with Gasteiger partial charge in [-0.15, -0.1) is 11.3 Å². The molecule has 2 aromatic rings. The Morgan fingerprint density at radius 3 is 2.60 bits per heavy atom. The number of nitrogens with zero attached hydrogens (tertiary/aromatic N) is 1. The normalized spacial score (nSPS) is 11.9. The maximum Gasteiger partial charge on any atom is 0.134 e. The van der Waals surface area contributed by atoms with E-state index >= 15 is 0 Å². The fourth-order valence-electron chi connectivity index (χ4n) is 2.03. The highest BCUT2D eigenvalue weighted by molar-refractivity contribution is 9.10. The first-order valence-electron chi connectivity index (χ1n) is 6.43. The van der Waals surface area contributed by atoms with Crippen molar-refractivity contribution in [2.24, 2.45) is 0 Å². The summed E-state index contributed by atoms with van der Waals surface area (Å²) in [4.78, 5) is 5.86. The van der Waals surface area contributed by atoms with Gasteiger partial charge in [-0.25, -0.2) is 9.37 Å². The molecule has 0 saturated heterocycles. The van der Waals surface area contributed by atoms with Gasteiger partial charge in [0, 0.05) is 21.3 Å². The second-order valence-corrected chi connectivity index (χ2v) is 7.61. The SMILES string of the molecule is CNCc1sc(-c2c(F)cccc2Br)nc1C(C)(C)C. The van der Waals surface area contributed by atoms with Crippen LogP contribution in [0.1, 0.15) is 31.3 Å². The first-order valence-corrected chi connectivity index (χ1v) is 8.04. The lowest BCUT2D eigenvalue weighted by atomic mass is 9.91. The number of halogens is 2. The average Bonchev–Trinajstić information content (AvgIpc) is 2.73. The quantitative estimate of drug-likeness (QED) is 0.859. The van der Waals surface area contributed by atoms with Crippen molar-refractivity contribution >= 4 is 27.3 Å². The summed E-state index contributed by atoms with van der Waals surface area (Å²) in [6.45, 7) is 7.13. The van der Waals surface area contributed by atoms with E-state index in [9.17, 15) is 4.39 Å². The molecule has 0 aliphatic heterocycles. The summed E-state index contributed by atoms with van der Waals surface area (Å²) >= 11 is 4.97. The summed E-state index contributed by atoms with van der Waals surface area (Å²) in [6, 6.07) is 5.00. The monoisotopic (exact) mass is 356 g/mol. The van der Waals surface area contributed by atoms with E-state index in [0.717, 1.165) is 26.6 Å². The zero-order valence-corrected chi connectivity index (χ0v) is 14.5. The predicted octanol–water partition coefficient (Wildman–Crippen LogP) is 4.73. The average molecular weight is 357 g/mol. The zero-order valence-electron chi connectivity index (χ0n) is 12.1. The highest BCUT2D eigenvalue weighted by atomic mass is 79.9. The van der Waals surface area contributed by atoms with Gasteiger partial charge in [-0.3, -0.25) is 0 Å². The Morgan fingerprint density at radius 1 is 1.35 bits per heavy atom. The minimum atomic E-state index is -0.246. The van der Waals surface area contributed by atoms with Crippen molar-refractivity contribution < 1.29 is 4.39 Å². The number of hydrogen-bond donors (Lipinski definition) is 1.